The van der Waals surface area contributed by atoms with E-state index in [-0.39, 0.29) is 4.90 Å². The van der Waals surface area contributed by atoms with Gasteiger partial charge in [0.05, 0.1) is 4.90 Å². The maximum atomic E-state index is 11.2. The summed E-state index contributed by atoms with van der Waals surface area (Å²) in [5.41, 5.74) is 1.21. The molecule has 100 valence electrons. The molecular weight excluding hydrogens is 284 g/mol. The lowest BCUT2D eigenvalue weighted by Gasteiger charge is -2.07. The zero-order valence-corrected chi connectivity index (χ0v) is 11.9. The highest BCUT2D eigenvalue weighted by molar-refractivity contribution is 8.13. The number of hydrogen-bond acceptors (Lipinski definition) is 3. The zero-order chi connectivity index (χ0) is 13.9. The van der Waals surface area contributed by atoms with Gasteiger partial charge in [0, 0.05) is 16.7 Å². The van der Waals surface area contributed by atoms with Crippen molar-refractivity contribution in [1.82, 2.24) is 0 Å². The van der Waals surface area contributed by atoms with Gasteiger partial charge in [-0.05, 0) is 36.2 Å². The third-order valence-electron chi connectivity index (χ3n) is 2.65. The minimum Gasteiger partial charge on any atom is -0.457 e. The van der Waals surface area contributed by atoms with E-state index in [1.165, 1.54) is 17.7 Å². The number of hydrogen-bond donors (Lipinski definition) is 0. The number of ether oxygens (including phenoxy) is 1. The third kappa shape index (κ3) is 3.72. The van der Waals surface area contributed by atoms with Crippen molar-refractivity contribution in [2.24, 2.45) is 0 Å². The summed E-state index contributed by atoms with van der Waals surface area (Å²) in [4.78, 5) is 0.0249. The van der Waals surface area contributed by atoms with Crippen molar-refractivity contribution in [3.8, 4) is 11.5 Å². The normalized spacial score (nSPS) is 11.3. The van der Waals surface area contributed by atoms with E-state index >= 15 is 0 Å². The van der Waals surface area contributed by atoms with E-state index in [1.807, 2.05) is 24.3 Å². The summed E-state index contributed by atoms with van der Waals surface area (Å²) in [5, 5.41) is 0. The molecular formula is C14H13ClO3S. The molecule has 0 bridgehead atoms. The Labute approximate surface area is 117 Å². The fourth-order valence-corrected chi connectivity index (χ4v) is 2.40. The Balaban J connectivity index is 2.23. The highest BCUT2D eigenvalue weighted by atomic mass is 35.7. The van der Waals surface area contributed by atoms with Crippen LogP contribution < -0.4 is 4.74 Å². The van der Waals surface area contributed by atoms with Crippen LogP contribution in [0.1, 0.15) is 12.5 Å². The fourth-order valence-electron chi connectivity index (χ4n) is 1.62. The number of aryl methyl sites for hydroxylation is 1. The second kappa shape index (κ2) is 5.63. The number of rotatable bonds is 4. The predicted octanol–water partition coefficient (Wildman–Crippen LogP) is 3.97. The van der Waals surface area contributed by atoms with Gasteiger partial charge in [-0.1, -0.05) is 25.1 Å². The lowest BCUT2D eigenvalue weighted by Crippen LogP contribution is -1.91. The Kier molecular flexibility index (Phi) is 4.12. The molecule has 0 spiro atoms. The average Bonchev–Trinajstić information content (AvgIpc) is 2.39. The molecule has 2 aromatic rings. The van der Waals surface area contributed by atoms with Gasteiger partial charge in [-0.25, -0.2) is 8.42 Å². The molecule has 0 aliphatic rings. The number of halogens is 1. The predicted molar refractivity (Wildman–Crippen MR) is 75.4 cm³/mol. The van der Waals surface area contributed by atoms with Crippen molar-refractivity contribution in [2.45, 2.75) is 18.2 Å². The molecule has 0 amide bonds. The Morgan fingerprint density at radius 3 is 2.32 bits per heavy atom. The second-order valence-corrected chi connectivity index (χ2v) is 6.58. The lowest BCUT2D eigenvalue weighted by molar-refractivity contribution is 0.480. The van der Waals surface area contributed by atoms with E-state index in [0.717, 1.165) is 6.42 Å². The summed E-state index contributed by atoms with van der Waals surface area (Å²) < 4.78 is 28.1. The molecule has 0 N–H and O–H groups in total. The monoisotopic (exact) mass is 296 g/mol. The molecule has 0 saturated carbocycles. The summed E-state index contributed by atoms with van der Waals surface area (Å²) in [5.74, 6) is 1.09. The lowest BCUT2D eigenvalue weighted by atomic mass is 10.2. The van der Waals surface area contributed by atoms with E-state index in [1.54, 1.807) is 12.1 Å². The zero-order valence-electron chi connectivity index (χ0n) is 10.3. The highest BCUT2D eigenvalue weighted by Crippen LogP contribution is 2.25. The van der Waals surface area contributed by atoms with E-state index in [0.29, 0.717) is 11.5 Å². The van der Waals surface area contributed by atoms with Crippen LogP contribution in [0.25, 0.3) is 0 Å². The van der Waals surface area contributed by atoms with Gasteiger partial charge in [-0.3, -0.25) is 0 Å². The Bertz CT molecular complexity index is 663. The van der Waals surface area contributed by atoms with Crippen LogP contribution in [0.2, 0.25) is 0 Å². The molecule has 0 unspecified atom stereocenters. The minimum absolute atomic E-state index is 0.0249. The molecule has 19 heavy (non-hydrogen) atoms. The molecule has 5 heteroatoms. The summed E-state index contributed by atoms with van der Waals surface area (Å²) in [6.45, 7) is 2.07. The van der Waals surface area contributed by atoms with Crippen molar-refractivity contribution >= 4 is 19.7 Å². The van der Waals surface area contributed by atoms with E-state index in [4.69, 9.17) is 15.4 Å². The fraction of sp³-hybridized carbons (Fsp3) is 0.143. The molecule has 0 aliphatic heterocycles. The summed E-state index contributed by atoms with van der Waals surface area (Å²) in [7, 11) is 1.55. The number of benzene rings is 2. The molecule has 0 aromatic heterocycles. The van der Waals surface area contributed by atoms with Gasteiger partial charge in [0.25, 0.3) is 9.05 Å². The van der Waals surface area contributed by atoms with Crippen molar-refractivity contribution in [2.75, 3.05) is 0 Å². The van der Waals surface area contributed by atoms with Gasteiger partial charge in [-0.15, -0.1) is 0 Å². The van der Waals surface area contributed by atoms with Crippen LogP contribution in [0.4, 0.5) is 0 Å². The molecule has 0 radical (unpaired) electrons. The molecule has 0 heterocycles. The summed E-state index contributed by atoms with van der Waals surface area (Å²) >= 11 is 0. The van der Waals surface area contributed by atoms with E-state index < -0.39 is 9.05 Å². The highest BCUT2D eigenvalue weighted by Gasteiger charge is 2.10. The summed E-state index contributed by atoms with van der Waals surface area (Å²) in [6.07, 6.45) is 0.959. The van der Waals surface area contributed by atoms with Crippen molar-refractivity contribution < 1.29 is 13.2 Å². The van der Waals surface area contributed by atoms with Gasteiger partial charge in [0.15, 0.2) is 0 Å². The van der Waals surface area contributed by atoms with Gasteiger partial charge in [-0.2, -0.15) is 0 Å². The van der Waals surface area contributed by atoms with Crippen LogP contribution in [0.3, 0.4) is 0 Å². The molecule has 2 rings (SSSR count). The maximum Gasteiger partial charge on any atom is 0.261 e. The van der Waals surface area contributed by atoms with Crippen LogP contribution >= 0.6 is 10.7 Å². The standard InChI is InChI=1S/C14H13ClO3S/c1-2-11-6-8-12(9-7-11)18-13-4-3-5-14(10-13)19(15,16)17/h3-10H,2H2,1H3. The van der Waals surface area contributed by atoms with Crippen LogP contribution in [0, 0.1) is 0 Å². The molecule has 0 atom stereocenters. The van der Waals surface area contributed by atoms with Gasteiger partial charge < -0.3 is 4.74 Å². The van der Waals surface area contributed by atoms with Crippen LogP contribution in [0.5, 0.6) is 11.5 Å². The van der Waals surface area contributed by atoms with Gasteiger partial charge in [0.1, 0.15) is 11.5 Å². The Morgan fingerprint density at radius 2 is 1.74 bits per heavy atom. The first-order valence-electron chi connectivity index (χ1n) is 5.80. The topological polar surface area (TPSA) is 43.4 Å². The molecule has 0 aliphatic carbocycles. The van der Waals surface area contributed by atoms with Crippen LogP contribution in [0.15, 0.2) is 53.4 Å². The Morgan fingerprint density at radius 1 is 1.05 bits per heavy atom. The first kappa shape index (κ1) is 13.9. The molecule has 0 fully saturated rings. The average molecular weight is 297 g/mol. The first-order valence-corrected chi connectivity index (χ1v) is 8.11. The van der Waals surface area contributed by atoms with Gasteiger partial charge >= 0.3 is 0 Å². The minimum atomic E-state index is -3.74. The van der Waals surface area contributed by atoms with Crippen molar-refractivity contribution in [1.29, 1.82) is 0 Å². The third-order valence-corrected chi connectivity index (χ3v) is 4.01. The second-order valence-electron chi connectivity index (χ2n) is 4.01. The van der Waals surface area contributed by atoms with Crippen molar-refractivity contribution in [3.63, 3.8) is 0 Å². The van der Waals surface area contributed by atoms with E-state index in [2.05, 4.69) is 6.92 Å². The maximum absolute atomic E-state index is 11.2. The Hall–Kier alpha value is -1.52. The molecule has 3 nitrogen and oxygen atoms in total. The van der Waals surface area contributed by atoms with Gasteiger partial charge in [0.2, 0.25) is 0 Å². The quantitative estimate of drug-likeness (QED) is 0.802. The SMILES string of the molecule is CCc1ccc(Oc2cccc(S(=O)(=O)Cl)c2)cc1. The van der Waals surface area contributed by atoms with Crippen molar-refractivity contribution in [3.05, 3.63) is 54.1 Å². The molecule has 0 saturated heterocycles. The summed E-state index contributed by atoms with van der Waals surface area (Å²) in [6, 6.07) is 13.7. The smallest absolute Gasteiger partial charge is 0.261 e. The van der Waals surface area contributed by atoms with Crippen LogP contribution in [-0.4, -0.2) is 8.42 Å². The van der Waals surface area contributed by atoms with Crippen LogP contribution in [-0.2, 0) is 15.5 Å². The largest absolute Gasteiger partial charge is 0.457 e. The van der Waals surface area contributed by atoms with E-state index in [9.17, 15) is 8.42 Å². The molecule has 2 aromatic carbocycles. The first-order chi connectivity index (χ1) is 8.99.